The summed E-state index contributed by atoms with van der Waals surface area (Å²) in [6.07, 6.45) is 2.27. The van der Waals surface area contributed by atoms with E-state index in [4.69, 9.17) is 0 Å². The van der Waals surface area contributed by atoms with Crippen LogP contribution >= 0.6 is 0 Å². The number of hydrogen-bond acceptors (Lipinski definition) is 3. The highest BCUT2D eigenvalue weighted by atomic mass is 16.2. The van der Waals surface area contributed by atoms with Crippen LogP contribution in [0.1, 0.15) is 30.9 Å². The lowest BCUT2D eigenvalue weighted by Gasteiger charge is -2.41. The van der Waals surface area contributed by atoms with Crippen LogP contribution in [0.2, 0.25) is 0 Å². The summed E-state index contributed by atoms with van der Waals surface area (Å²) in [5.41, 5.74) is 1.11. The summed E-state index contributed by atoms with van der Waals surface area (Å²) in [6, 6.07) is 18.5. The van der Waals surface area contributed by atoms with E-state index in [1.807, 2.05) is 60.7 Å². The van der Waals surface area contributed by atoms with Crippen LogP contribution in [0.3, 0.4) is 0 Å². The fourth-order valence-corrected chi connectivity index (χ4v) is 3.98. The zero-order valence-corrected chi connectivity index (χ0v) is 17.8. The van der Waals surface area contributed by atoms with Crippen LogP contribution in [0.4, 0.5) is 0 Å². The lowest BCUT2D eigenvalue weighted by atomic mass is 9.71. The fourth-order valence-electron chi connectivity index (χ4n) is 3.98. The Morgan fingerprint density at radius 2 is 1.61 bits per heavy atom. The van der Waals surface area contributed by atoms with Crippen LogP contribution in [-0.4, -0.2) is 41.8 Å². The number of nitrogens with one attached hydrogen (secondary N) is 2. The number of rotatable bonds is 7. The van der Waals surface area contributed by atoms with Crippen molar-refractivity contribution in [3.63, 3.8) is 0 Å². The van der Waals surface area contributed by atoms with Gasteiger partial charge in [0.1, 0.15) is 6.04 Å². The molecule has 6 heteroatoms. The Hall–Kier alpha value is -3.41. The molecule has 2 N–H and O–H groups in total. The highest BCUT2D eigenvalue weighted by Gasteiger charge is 2.44. The second kappa shape index (κ2) is 10.1. The molecule has 0 radical (unpaired) electrons. The maximum Gasteiger partial charge on any atom is 0.245 e. The van der Waals surface area contributed by atoms with E-state index in [1.54, 1.807) is 11.8 Å². The summed E-state index contributed by atoms with van der Waals surface area (Å²) < 4.78 is 0. The highest BCUT2D eigenvalue weighted by Crippen LogP contribution is 2.36. The quantitative estimate of drug-likeness (QED) is 0.677. The molecule has 6 nitrogen and oxygen atoms in total. The van der Waals surface area contributed by atoms with Gasteiger partial charge in [0.25, 0.3) is 0 Å². The lowest BCUT2D eigenvalue weighted by molar-refractivity contribution is -0.135. The molecule has 0 aromatic heterocycles. The van der Waals surface area contributed by atoms with Crippen molar-refractivity contribution in [1.29, 1.82) is 0 Å². The Labute approximate surface area is 183 Å². The molecule has 1 fully saturated rings. The van der Waals surface area contributed by atoms with Gasteiger partial charge in [-0.3, -0.25) is 14.4 Å². The lowest BCUT2D eigenvalue weighted by Crippen LogP contribution is -2.56. The molecule has 1 aliphatic heterocycles. The molecular weight excluding hydrogens is 390 g/mol. The maximum atomic E-state index is 13.4. The highest BCUT2D eigenvalue weighted by molar-refractivity contribution is 5.93. The van der Waals surface area contributed by atoms with Crippen LogP contribution in [0, 0.1) is 0 Å². The van der Waals surface area contributed by atoms with Gasteiger partial charge in [0, 0.05) is 19.6 Å². The molecule has 1 saturated heterocycles. The maximum absolute atomic E-state index is 13.4. The third kappa shape index (κ3) is 5.20. The van der Waals surface area contributed by atoms with Crippen LogP contribution in [0.25, 0.3) is 0 Å². The summed E-state index contributed by atoms with van der Waals surface area (Å²) in [5.74, 6) is -0.554. The minimum absolute atomic E-state index is 0.129. The van der Waals surface area contributed by atoms with Crippen LogP contribution in [0.5, 0.6) is 0 Å². The molecule has 1 heterocycles. The van der Waals surface area contributed by atoms with Gasteiger partial charge in [0.2, 0.25) is 17.7 Å². The predicted octanol–water partition coefficient (Wildman–Crippen LogP) is 2.55. The molecule has 2 aromatic rings. The molecule has 3 rings (SSSR count). The van der Waals surface area contributed by atoms with Gasteiger partial charge in [0.15, 0.2) is 0 Å². The Morgan fingerprint density at radius 1 is 1.03 bits per heavy atom. The van der Waals surface area contributed by atoms with E-state index in [2.05, 4.69) is 17.2 Å². The molecule has 0 spiro atoms. The average molecular weight is 420 g/mol. The SMILES string of the molecule is C=CC(=O)N1CCC(C(=O)NC(C)C(=O)NCc2ccccc2)(c2ccccc2)CC1. The molecule has 31 heavy (non-hydrogen) atoms. The zero-order chi connectivity index (χ0) is 22.3. The van der Waals surface area contributed by atoms with E-state index in [0.29, 0.717) is 32.5 Å². The smallest absolute Gasteiger partial charge is 0.245 e. The number of piperidine rings is 1. The first kappa shape index (κ1) is 22.3. The van der Waals surface area contributed by atoms with Gasteiger partial charge in [-0.15, -0.1) is 0 Å². The van der Waals surface area contributed by atoms with Gasteiger partial charge >= 0.3 is 0 Å². The third-order valence-corrected chi connectivity index (χ3v) is 5.91. The summed E-state index contributed by atoms with van der Waals surface area (Å²) in [4.78, 5) is 39.7. The Bertz CT molecular complexity index is 920. The monoisotopic (exact) mass is 419 g/mol. The summed E-state index contributed by atoms with van der Waals surface area (Å²) in [7, 11) is 0. The minimum Gasteiger partial charge on any atom is -0.350 e. The zero-order valence-electron chi connectivity index (χ0n) is 17.8. The second-order valence-electron chi connectivity index (χ2n) is 7.88. The molecule has 0 bridgehead atoms. The molecule has 1 aliphatic rings. The first-order valence-electron chi connectivity index (χ1n) is 10.6. The van der Waals surface area contributed by atoms with Gasteiger partial charge < -0.3 is 15.5 Å². The number of carbonyl (C=O) groups is 3. The van der Waals surface area contributed by atoms with Crippen molar-refractivity contribution >= 4 is 17.7 Å². The van der Waals surface area contributed by atoms with Gasteiger partial charge in [-0.25, -0.2) is 0 Å². The molecule has 1 unspecified atom stereocenters. The van der Waals surface area contributed by atoms with Crippen molar-refractivity contribution in [2.45, 2.75) is 37.8 Å². The Kier molecular flexibility index (Phi) is 7.23. The van der Waals surface area contributed by atoms with E-state index in [1.165, 1.54) is 6.08 Å². The topological polar surface area (TPSA) is 78.5 Å². The first-order chi connectivity index (χ1) is 15.0. The second-order valence-corrected chi connectivity index (χ2v) is 7.88. The molecule has 2 aromatic carbocycles. The van der Waals surface area contributed by atoms with Crippen molar-refractivity contribution in [2.24, 2.45) is 0 Å². The van der Waals surface area contributed by atoms with E-state index >= 15 is 0 Å². The van der Waals surface area contributed by atoms with Crippen molar-refractivity contribution < 1.29 is 14.4 Å². The predicted molar refractivity (Wildman–Crippen MR) is 120 cm³/mol. The van der Waals surface area contributed by atoms with Gasteiger partial charge in [-0.05, 0) is 37.0 Å². The first-order valence-corrected chi connectivity index (χ1v) is 10.6. The average Bonchev–Trinajstić information content (AvgIpc) is 2.83. The number of nitrogens with zero attached hydrogens (tertiary/aromatic N) is 1. The molecule has 3 amide bonds. The number of hydrogen-bond donors (Lipinski definition) is 2. The van der Waals surface area contributed by atoms with E-state index in [-0.39, 0.29) is 17.7 Å². The van der Waals surface area contributed by atoms with Crippen molar-refractivity contribution in [2.75, 3.05) is 13.1 Å². The van der Waals surface area contributed by atoms with Gasteiger partial charge in [0.05, 0.1) is 5.41 Å². The number of amides is 3. The molecule has 162 valence electrons. The molecule has 1 atom stereocenters. The standard InChI is InChI=1S/C25H29N3O3/c1-3-22(29)28-16-14-25(15-17-28,21-12-8-5-9-13-21)24(31)27-19(2)23(30)26-18-20-10-6-4-7-11-20/h3-13,19H,1,14-18H2,2H3,(H,26,30)(H,27,31). The van der Waals surface area contributed by atoms with Gasteiger partial charge in [-0.1, -0.05) is 67.2 Å². The van der Waals surface area contributed by atoms with Crippen molar-refractivity contribution in [3.8, 4) is 0 Å². The molecule has 0 aliphatic carbocycles. The summed E-state index contributed by atoms with van der Waals surface area (Å²) >= 11 is 0. The minimum atomic E-state index is -0.785. The number of carbonyl (C=O) groups excluding carboxylic acids is 3. The van der Waals surface area contributed by atoms with Gasteiger partial charge in [-0.2, -0.15) is 0 Å². The fraction of sp³-hybridized carbons (Fsp3) is 0.320. The third-order valence-electron chi connectivity index (χ3n) is 5.91. The Morgan fingerprint density at radius 3 is 2.19 bits per heavy atom. The van der Waals surface area contributed by atoms with Crippen LogP contribution in [0.15, 0.2) is 73.3 Å². The van der Waals surface area contributed by atoms with Crippen LogP contribution < -0.4 is 10.6 Å². The van der Waals surface area contributed by atoms with E-state index in [0.717, 1.165) is 11.1 Å². The summed E-state index contributed by atoms with van der Waals surface area (Å²) in [5, 5.41) is 5.78. The number of likely N-dealkylation sites (tertiary alicyclic amines) is 1. The van der Waals surface area contributed by atoms with Crippen molar-refractivity contribution in [1.82, 2.24) is 15.5 Å². The largest absolute Gasteiger partial charge is 0.350 e. The number of benzene rings is 2. The van der Waals surface area contributed by atoms with E-state index < -0.39 is 11.5 Å². The van der Waals surface area contributed by atoms with Crippen LogP contribution in [-0.2, 0) is 26.3 Å². The van der Waals surface area contributed by atoms with Crippen molar-refractivity contribution in [3.05, 3.63) is 84.4 Å². The molecular formula is C25H29N3O3. The normalized spacial score (nSPS) is 16.1. The Balaban J connectivity index is 1.69. The molecule has 0 saturated carbocycles. The summed E-state index contributed by atoms with van der Waals surface area (Å²) in [6.45, 7) is 6.56. The van der Waals surface area contributed by atoms with E-state index in [9.17, 15) is 14.4 Å².